The molecule has 17 heavy (non-hydrogen) atoms. The third-order valence-electron chi connectivity index (χ3n) is 2.63. The molecule has 0 aliphatic heterocycles. The number of rotatable bonds is 2. The topological polar surface area (TPSA) is 63.3 Å². The molecule has 1 N–H and O–H groups in total. The summed E-state index contributed by atoms with van der Waals surface area (Å²) in [6.45, 7) is 6.15. The molecule has 0 amide bonds. The maximum Gasteiger partial charge on any atom is 0.307 e. The summed E-state index contributed by atoms with van der Waals surface area (Å²) in [6, 6.07) is 5.51. The summed E-state index contributed by atoms with van der Waals surface area (Å²) in [7, 11) is 0. The van der Waals surface area contributed by atoms with E-state index >= 15 is 0 Å². The smallest absolute Gasteiger partial charge is 0.307 e. The molecule has 0 radical (unpaired) electrons. The molecule has 0 unspecified atom stereocenters. The van der Waals surface area contributed by atoms with Gasteiger partial charge in [-0.15, -0.1) is 0 Å². The van der Waals surface area contributed by atoms with Crippen molar-refractivity contribution in [2.75, 3.05) is 0 Å². The molecule has 2 rings (SSSR count). The molecule has 0 aliphatic rings. The maximum atomic E-state index is 10.8. The van der Waals surface area contributed by atoms with Crippen LogP contribution < -0.4 is 0 Å². The van der Waals surface area contributed by atoms with Gasteiger partial charge in [-0.1, -0.05) is 38.1 Å². The van der Waals surface area contributed by atoms with Crippen LogP contribution in [0.2, 0.25) is 0 Å². The highest BCUT2D eigenvalue weighted by Crippen LogP contribution is 2.30. The van der Waals surface area contributed by atoms with E-state index in [0.29, 0.717) is 11.1 Å². The summed E-state index contributed by atoms with van der Waals surface area (Å²) in [5.74, 6) is -0.869. The number of hydrogen-bond acceptors (Lipinski definition) is 3. The second-order valence-electron chi connectivity index (χ2n) is 5.15. The number of aliphatic carboxylic acids is 1. The molecular formula is C13H15NO3. The molecule has 90 valence electrons. The molecule has 2 aromatic rings. The molecule has 4 heteroatoms. The van der Waals surface area contributed by atoms with Gasteiger partial charge in [-0.2, -0.15) is 0 Å². The van der Waals surface area contributed by atoms with Crippen molar-refractivity contribution >= 4 is 16.9 Å². The van der Waals surface area contributed by atoms with Gasteiger partial charge < -0.3 is 9.63 Å². The van der Waals surface area contributed by atoms with Crippen LogP contribution in [0.1, 0.15) is 32.0 Å². The van der Waals surface area contributed by atoms with Crippen LogP contribution in [-0.2, 0) is 16.6 Å². The van der Waals surface area contributed by atoms with E-state index < -0.39 is 5.97 Å². The Hall–Kier alpha value is -1.84. The van der Waals surface area contributed by atoms with Gasteiger partial charge >= 0.3 is 5.97 Å². The van der Waals surface area contributed by atoms with Crippen molar-refractivity contribution in [3.63, 3.8) is 0 Å². The second kappa shape index (κ2) is 3.87. The number of nitrogens with zero attached hydrogens (tertiary/aromatic N) is 1. The van der Waals surface area contributed by atoms with Crippen molar-refractivity contribution in [2.45, 2.75) is 32.6 Å². The summed E-state index contributed by atoms with van der Waals surface area (Å²) in [5.41, 5.74) is 1.99. The lowest BCUT2D eigenvalue weighted by Gasteiger charge is -2.14. The van der Waals surface area contributed by atoms with Crippen LogP contribution in [0.3, 0.4) is 0 Å². The fourth-order valence-electron chi connectivity index (χ4n) is 1.86. The highest BCUT2D eigenvalue weighted by molar-refractivity contribution is 5.86. The van der Waals surface area contributed by atoms with E-state index in [-0.39, 0.29) is 11.8 Å². The zero-order valence-electron chi connectivity index (χ0n) is 10.2. The first-order valence-corrected chi connectivity index (χ1v) is 5.49. The van der Waals surface area contributed by atoms with E-state index in [1.165, 1.54) is 0 Å². The van der Waals surface area contributed by atoms with Gasteiger partial charge in [-0.05, 0) is 6.07 Å². The summed E-state index contributed by atoms with van der Waals surface area (Å²) in [6.07, 6.45) is -0.0455. The minimum atomic E-state index is -0.869. The number of para-hydroxylation sites is 1. The summed E-state index contributed by atoms with van der Waals surface area (Å²) in [4.78, 5) is 10.8. The lowest BCUT2D eigenvalue weighted by atomic mass is 9.89. The van der Waals surface area contributed by atoms with Crippen LogP contribution in [0.15, 0.2) is 22.7 Å². The van der Waals surface area contributed by atoms with Crippen molar-refractivity contribution in [3.05, 3.63) is 29.5 Å². The molecule has 0 saturated carbocycles. The number of benzene rings is 1. The van der Waals surface area contributed by atoms with Gasteiger partial charge in [0, 0.05) is 16.4 Å². The number of fused-ring (bicyclic) bond motifs is 1. The van der Waals surface area contributed by atoms with Crippen LogP contribution in [0.25, 0.3) is 11.0 Å². The van der Waals surface area contributed by atoms with Crippen molar-refractivity contribution in [1.82, 2.24) is 5.16 Å². The van der Waals surface area contributed by atoms with Crippen LogP contribution in [0.4, 0.5) is 0 Å². The van der Waals surface area contributed by atoms with E-state index in [2.05, 4.69) is 5.16 Å². The Morgan fingerprint density at radius 3 is 2.71 bits per heavy atom. The molecule has 0 saturated heterocycles. The van der Waals surface area contributed by atoms with Crippen molar-refractivity contribution < 1.29 is 14.4 Å². The van der Waals surface area contributed by atoms with Crippen molar-refractivity contribution in [2.24, 2.45) is 0 Å². The first-order chi connectivity index (χ1) is 7.89. The fourth-order valence-corrected chi connectivity index (χ4v) is 1.86. The number of carbonyl (C=O) groups is 1. The lowest BCUT2D eigenvalue weighted by molar-refractivity contribution is -0.136. The SMILES string of the molecule is CC(C)(C)c1noc2c(CC(=O)O)cccc12. The first kappa shape index (κ1) is 11.6. The summed E-state index contributed by atoms with van der Waals surface area (Å²) >= 11 is 0. The monoisotopic (exact) mass is 233 g/mol. The van der Waals surface area contributed by atoms with Crippen molar-refractivity contribution in [3.8, 4) is 0 Å². The first-order valence-electron chi connectivity index (χ1n) is 5.49. The predicted octanol–water partition coefficient (Wildman–Crippen LogP) is 2.75. The molecule has 4 nitrogen and oxygen atoms in total. The Morgan fingerprint density at radius 2 is 2.12 bits per heavy atom. The number of hydrogen-bond donors (Lipinski definition) is 1. The van der Waals surface area contributed by atoms with Crippen LogP contribution >= 0.6 is 0 Å². The normalized spacial score (nSPS) is 11.9. The molecule has 0 spiro atoms. The Bertz CT molecular complexity index is 564. The number of carboxylic acids is 1. The average molecular weight is 233 g/mol. The molecule has 0 fully saturated rings. The molecule has 0 aliphatic carbocycles. The summed E-state index contributed by atoms with van der Waals surface area (Å²) < 4.78 is 5.29. The number of aromatic nitrogens is 1. The third-order valence-corrected chi connectivity index (χ3v) is 2.63. The predicted molar refractivity (Wildman–Crippen MR) is 64.0 cm³/mol. The van der Waals surface area contributed by atoms with Gasteiger partial charge in [0.1, 0.15) is 0 Å². The molecular weight excluding hydrogens is 218 g/mol. The van der Waals surface area contributed by atoms with Crippen LogP contribution in [0.5, 0.6) is 0 Å². The standard InChI is InChI=1S/C13H15NO3/c1-13(2,3)12-9-6-4-5-8(7-10(15)16)11(9)17-14-12/h4-6H,7H2,1-3H3,(H,15,16). The maximum absolute atomic E-state index is 10.8. The highest BCUT2D eigenvalue weighted by atomic mass is 16.5. The lowest BCUT2D eigenvalue weighted by Crippen LogP contribution is -2.11. The number of carboxylic acid groups (broad SMARTS) is 1. The van der Waals surface area contributed by atoms with Gasteiger partial charge in [0.15, 0.2) is 5.58 Å². The van der Waals surface area contributed by atoms with Crippen molar-refractivity contribution in [1.29, 1.82) is 0 Å². The molecule has 1 aromatic carbocycles. The minimum absolute atomic E-state index is 0.0455. The van der Waals surface area contributed by atoms with Crippen LogP contribution in [-0.4, -0.2) is 16.2 Å². The van der Waals surface area contributed by atoms with Crippen LogP contribution in [0, 0.1) is 0 Å². The van der Waals surface area contributed by atoms with E-state index in [0.717, 1.165) is 11.1 Å². The minimum Gasteiger partial charge on any atom is -0.481 e. The molecule has 1 aromatic heterocycles. The molecule has 0 atom stereocenters. The highest BCUT2D eigenvalue weighted by Gasteiger charge is 2.23. The largest absolute Gasteiger partial charge is 0.481 e. The van der Waals surface area contributed by atoms with Gasteiger partial charge in [0.2, 0.25) is 0 Å². The van der Waals surface area contributed by atoms with Gasteiger partial charge in [-0.3, -0.25) is 4.79 Å². The van der Waals surface area contributed by atoms with Gasteiger partial charge in [0.25, 0.3) is 0 Å². The molecule has 1 heterocycles. The second-order valence-corrected chi connectivity index (χ2v) is 5.15. The van der Waals surface area contributed by atoms with E-state index in [1.807, 2.05) is 32.9 Å². The van der Waals surface area contributed by atoms with Gasteiger partial charge in [0.05, 0.1) is 12.1 Å². The fraction of sp³-hybridized carbons (Fsp3) is 0.385. The average Bonchev–Trinajstić information content (AvgIpc) is 2.60. The summed E-state index contributed by atoms with van der Waals surface area (Å²) in [5, 5.41) is 13.8. The Labute approximate surface area is 99.2 Å². The Morgan fingerprint density at radius 1 is 1.41 bits per heavy atom. The van der Waals surface area contributed by atoms with E-state index in [1.54, 1.807) is 6.07 Å². The quantitative estimate of drug-likeness (QED) is 0.866. The third kappa shape index (κ3) is 2.16. The zero-order chi connectivity index (χ0) is 12.6. The van der Waals surface area contributed by atoms with Gasteiger partial charge in [-0.25, -0.2) is 0 Å². The van der Waals surface area contributed by atoms with E-state index in [9.17, 15) is 4.79 Å². The zero-order valence-corrected chi connectivity index (χ0v) is 10.2. The Kier molecular flexibility index (Phi) is 2.65. The molecule has 0 bridgehead atoms. The van der Waals surface area contributed by atoms with E-state index in [4.69, 9.17) is 9.63 Å². The Balaban J connectivity index is 2.61.